The van der Waals surface area contributed by atoms with Crippen LogP contribution in [0.2, 0.25) is 0 Å². The maximum absolute atomic E-state index is 10.8. The topological polar surface area (TPSA) is 96.6 Å². The van der Waals surface area contributed by atoms with Gasteiger partial charge in [-0.05, 0) is 31.7 Å². The first-order valence-electron chi connectivity index (χ1n) is 6.56. The van der Waals surface area contributed by atoms with Crippen LogP contribution in [0.1, 0.15) is 25.0 Å². The number of carboxylic acid groups (broad SMARTS) is 1. The number of rotatable bonds is 4. The van der Waals surface area contributed by atoms with Gasteiger partial charge in [0.15, 0.2) is 0 Å². The summed E-state index contributed by atoms with van der Waals surface area (Å²) in [6.45, 7) is 3.10. The Morgan fingerprint density at radius 2 is 2.15 bits per heavy atom. The number of carboxylic acids is 1. The maximum atomic E-state index is 10.8. The van der Waals surface area contributed by atoms with Crippen molar-refractivity contribution in [1.82, 2.24) is 4.98 Å². The lowest BCUT2D eigenvalue weighted by atomic mass is 9.93. The monoisotopic (exact) mass is 279 g/mol. The molecular weight excluding hydrogens is 262 g/mol. The van der Waals surface area contributed by atoms with E-state index in [-0.39, 0.29) is 18.0 Å². The minimum absolute atomic E-state index is 0.0227. The molecule has 2 heterocycles. The lowest BCUT2D eigenvalue weighted by Crippen LogP contribution is -2.35. The van der Waals surface area contributed by atoms with Crippen LogP contribution in [-0.2, 0) is 4.79 Å². The number of carbonyl (C=O) groups is 1. The molecule has 0 unspecified atom stereocenters. The summed E-state index contributed by atoms with van der Waals surface area (Å²) >= 11 is 0. The number of nitrogens with zero attached hydrogens (tertiary/aromatic N) is 3. The van der Waals surface area contributed by atoms with Gasteiger partial charge in [0.05, 0.1) is 4.92 Å². The second-order valence-electron chi connectivity index (χ2n) is 5.06. The number of aliphatic carboxylic acids is 1. The highest BCUT2D eigenvalue weighted by Crippen LogP contribution is 2.26. The molecule has 1 saturated heterocycles. The van der Waals surface area contributed by atoms with Gasteiger partial charge in [-0.2, -0.15) is 0 Å². The Balaban J connectivity index is 2.02. The molecule has 0 bridgehead atoms. The third kappa shape index (κ3) is 3.23. The van der Waals surface area contributed by atoms with Crippen molar-refractivity contribution in [3.8, 4) is 0 Å². The Morgan fingerprint density at radius 1 is 1.50 bits per heavy atom. The summed E-state index contributed by atoms with van der Waals surface area (Å²) in [7, 11) is 0. The molecule has 0 saturated carbocycles. The van der Waals surface area contributed by atoms with Gasteiger partial charge in [-0.25, -0.2) is 4.98 Å². The van der Waals surface area contributed by atoms with Gasteiger partial charge >= 0.3 is 5.97 Å². The Hall–Kier alpha value is -2.18. The molecule has 2 rings (SSSR count). The molecule has 7 heteroatoms. The fourth-order valence-electron chi connectivity index (χ4n) is 2.52. The van der Waals surface area contributed by atoms with Crippen LogP contribution in [-0.4, -0.2) is 34.1 Å². The molecule has 1 fully saturated rings. The molecule has 108 valence electrons. The van der Waals surface area contributed by atoms with Crippen LogP contribution in [0.25, 0.3) is 0 Å². The molecule has 0 radical (unpaired) electrons. The zero-order valence-electron chi connectivity index (χ0n) is 11.3. The first-order chi connectivity index (χ1) is 9.47. The van der Waals surface area contributed by atoms with Crippen molar-refractivity contribution in [3.63, 3.8) is 0 Å². The largest absolute Gasteiger partial charge is 0.481 e. The lowest BCUT2D eigenvalue weighted by molar-refractivity contribution is -0.385. The van der Waals surface area contributed by atoms with Crippen molar-refractivity contribution in [2.24, 2.45) is 5.92 Å². The number of piperidine rings is 1. The van der Waals surface area contributed by atoms with E-state index in [9.17, 15) is 14.9 Å². The van der Waals surface area contributed by atoms with Crippen molar-refractivity contribution in [1.29, 1.82) is 0 Å². The fourth-order valence-corrected chi connectivity index (χ4v) is 2.52. The van der Waals surface area contributed by atoms with Crippen molar-refractivity contribution in [3.05, 3.63) is 27.9 Å². The third-order valence-electron chi connectivity index (χ3n) is 3.64. The van der Waals surface area contributed by atoms with E-state index in [2.05, 4.69) is 9.88 Å². The van der Waals surface area contributed by atoms with Crippen LogP contribution in [0.15, 0.2) is 12.1 Å². The lowest BCUT2D eigenvalue weighted by Gasteiger charge is -2.32. The molecule has 0 spiro atoms. The Morgan fingerprint density at radius 3 is 2.65 bits per heavy atom. The second-order valence-corrected chi connectivity index (χ2v) is 5.06. The average molecular weight is 279 g/mol. The minimum atomic E-state index is -0.757. The summed E-state index contributed by atoms with van der Waals surface area (Å²) in [5, 5.41) is 19.5. The van der Waals surface area contributed by atoms with Crippen LogP contribution in [0, 0.1) is 23.0 Å². The standard InChI is InChI=1S/C13H17N3O4/c1-9-11(16(19)20)2-3-12(14-9)15-6-4-10(5-7-15)8-13(17)18/h2-3,10H,4-8H2,1H3,(H,17,18). The van der Waals surface area contributed by atoms with Gasteiger partial charge in [-0.3, -0.25) is 14.9 Å². The van der Waals surface area contributed by atoms with Crippen LogP contribution < -0.4 is 4.90 Å². The molecule has 0 aromatic carbocycles. The summed E-state index contributed by atoms with van der Waals surface area (Å²) in [5.74, 6) is 0.178. The summed E-state index contributed by atoms with van der Waals surface area (Å²) in [5.41, 5.74) is 0.426. The molecule has 0 atom stereocenters. The van der Waals surface area contributed by atoms with Gasteiger partial charge in [0.25, 0.3) is 5.69 Å². The van der Waals surface area contributed by atoms with E-state index < -0.39 is 10.9 Å². The Kier molecular flexibility index (Phi) is 4.16. The molecule has 0 aliphatic carbocycles. The number of pyridine rings is 1. The normalized spacial score (nSPS) is 16.1. The van der Waals surface area contributed by atoms with E-state index >= 15 is 0 Å². The number of nitro groups is 1. The molecule has 1 aromatic rings. The predicted molar refractivity (Wildman–Crippen MR) is 72.8 cm³/mol. The van der Waals surface area contributed by atoms with E-state index in [4.69, 9.17) is 5.11 Å². The van der Waals surface area contributed by atoms with Crippen LogP contribution in [0.4, 0.5) is 11.5 Å². The quantitative estimate of drug-likeness (QED) is 0.668. The van der Waals surface area contributed by atoms with Crippen molar-refractivity contribution < 1.29 is 14.8 Å². The third-order valence-corrected chi connectivity index (χ3v) is 3.64. The van der Waals surface area contributed by atoms with Gasteiger partial charge in [0, 0.05) is 25.6 Å². The number of hydrogen-bond acceptors (Lipinski definition) is 5. The number of aryl methyl sites for hydroxylation is 1. The molecular formula is C13H17N3O4. The molecule has 0 amide bonds. The average Bonchev–Trinajstić information content (AvgIpc) is 2.38. The minimum Gasteiger partial charge on any atom is -0.481 e. The molecule has 1 aliphatic heterocycles. The smallest absolute Gasteiger partial charge is 0.303 e. The summed E-state index contributed by atoms with van der Waals surface area (Å²) in [6, 6.07) is 3.13. The Bertz CT molecular complexity index is 524. The first kappa shape index (κ1) is 14.2. The van der Waals surface area contributed by atoms with Gasteiger partial charge in [0.2, 0.25) is 0 Å². The van der Waals surface area contributed by atoms with Gasteiger partial charge in [-0.1, -0.05) is 0 Å². The van der Waals surface area contributed by atoms with Crippen molar-refractivity contribution in [2.45, 2.75) is 26.2 Å². The molecule has 1 aromatic heterocycles. The summed E-state index contributed by atoms with van der Waals surface area (Å²) in [6.07, 6.45) is 1.83. The highest BCUT2D eigenvalue weighted by atomic mass is 16.6. The maximum Gasteiger partial charge on any atom is 0.303 e. The van der Waals surface area contributed by atoms with Crippen LogP contribution in [0.3, 0.4) is 0 Å². The molecule has 20 heavy (non-hydrogen) atoms. The number of aromatic nitrogens is 1. The number of anilines is 1. The van der Waals surface area contributed by atoms with E-state index in [1.807, 2.05) is 0 Å². The molecule has 1 N–H and O–H groups in total. The van der Waals surface area contributed by atoms with E-state index in [1.165, 1.54) is 6.07 Å². The van der Waals surface area contributed by atoms with E-state index in [0.717, 1.165) is 31.7 Å². The van der Waals surface area contributed by atoms with Crippen molar-refractivity contribution >= 4 is 17.5 Å². The van der Waals surface area contributed by atoms with Gasteiger partial charge in [-0.15, -0.1) is 0 Å². The molecule has 1 aliphatic rings. The Labute approximate surface area is 116 Å². The predicted octanol–water partition coefficient (Wildman–Crippen LogP) is 1.99. The first-order valence-corrected chi connectivity index (χ1v) is 6.56. The summed E-state index contributed by atoms with van der Waals surface area (Å²) < 4.78 is 0. The highest BCUT2D eigenvalue weighted by molar-refractivity contribution is 5.67. The summed E-state index contributed by atoms with van der Waals surface area (Å²) in [4.78, 5) is 27.3. The van der Waals surface area contributed by atoms with Gasteiger partial charge < -0.3 is 10.0 Å². The van der Waals surface area contributed by atoms with Crippen LogP contribution >= 0.6 is 0 Å². The zero-order valence-corrected chi connectivity index (χ0v) is 11.3. The van der Waals surface area contributed by atoms with Gasteiger partial charge in [0.1, 0.15) is 11.5 Å². The van der Waals surface area contributed by atoms with Crippen molar-refractivity contribution in [2.75, 3.05) is 18.0 Å². The number of hydrogen-bond donors (Lipinski definition) is 1. The van der Waals surface area contributed by atoms with E-state index in [1.54, 1.807) is 13.0 Å². The SMILES string of the molecule is Cc1nc(N2CCC(CC(=O)O)CC2)ccc1[N+](=O)[O-]. The zero-order chi connectivity index (χ0) is 14.7. The second kappa shape index (κ2) is 5.85. The highest BCUT2D eigenvalue weighted by Gasteiger charge is 2.23. The molecule has 7 nitrogen and oxygen atoms in total. The van der Waals surface area contributed by atoms with E-state index in [0.29, 0.717) is 5.69 Å². The fraction of sp³-hybridized carbons (Fsp3) is 0.538. The van der Waals surface area contributed by atoms with Crippen LogP contribution in [0.5, 0.6) is 0 Å².